The third-order valence-corrected chi connectivity index (χ3v) is 3.98. The van der Waals surface area contributed by atoms with Crippen molar-refractivity contribution in [3.8, 4) is 0 Å². The van der Waals surface area contributed by atoms with Gasteiger partial charge in [0, 0.05) is 11.4 Å². The van der Waals surface area contributed by atoms with E-state index < -0.39 is 23.4 Å². The molecule has 3 aromatic carbocycles. The Morgan fingerprint density at radius 3 is 1.96 bits per heavy atom. The number of anilines is 2. The van der Waals surface area contributed by atoms with Gasteiger partial charge in [0.05, 0.1) is 11.1 Å². The van der Waals surface area contributed by atoms with Crippen LogP contribution in [0, 0.1) is 18.6 Å². The van der Waals surface area contributed by atoms with Crippen molar-refractivity contribution < 1.29 is 18.4 Å². The minimum Gasteiger partial charge on any atom is -0.322 e. The Hall–Kier alpha value is -3.54. The lowest BCUT2D eigenvalue weighted by Gasteiger charge is -2.11. The molecule has 0 aromatic heterocycles. The number of carbonyl (C=O) groups excluding carboxylic acids is 2. The van der Waals surface area contributed by atoms with Crippen LogP contribution in [0.4, 0.5) is 20.2 Å². The summed E-state index contributed by atoms with van der Waals surface area (Å²) in [4.78, 5) is 24.8. The zero-order chi connectivity index (χ0) is 19.4. The number of halogens is 2. The van der Waals surface area contributed by atoms with E-state index in [0.29, 0.717) is 11.4 Å². The van der Waals surface area contributed by atoms with Crippen molar-refractivity contribution in [3.63, 3.8) is 0 Å². The number of para-hydroxylation sites is 1. The minimum atomic E-state index is -0.928. The minimum absolute atomic E-state index is 0.245. The molecule has 3 aromatic rings. The van der Waals surface area contributed by atoms with Crippen LogP contribution in [0.5, 0.6) is 0 Å². The highest BCUT2D eigenvalue weighted by molar-refractivity contribution is 6.09. The molecule has 2 N–H and O–H groups in total. The Balaban J connectivity index is 1.82. The van der Waals surface area contributed by atoms with Gasteiger partial charge < -0.3 is 10.6 Å². The molecule has 0 saturated heterocycles. The summed E-state index contributed by atoms with van der Waals surface area (Å²) in [6.45, 7) is 1.82. The highest BCUT2D eigenvalue weighted by Crippen LogP contribution is 2.19. The monoisotopic (exact) mass is 366 g/mol. The predicted molar refractivity (Wildman–Crippen MR) is 99.9 cm³/mol. The number of carbonyl (C=O) groups is 2. The predicted octanol–water partition coefficient (Wildman–Crippen LogP) is 4.78. The molecule has 2 amide bonds. The number of benzene rings is 3. The number of hydrogen-bond donors (Lipinski definition) is 2. The Morgan fingerprint density at radius 2 is 1.33 bits per heavy atom. The molecule has 0 aliphatic rings. The van der Waals surface area contributed by atoms with Gasteiger partial charge in [-0.1, -0.05) is 24.3 Å². The number of nitrogens with one attached hydrogen (secondary N) is 2. The van der Waals surface area contributed by atoms with E-state index in [2.05, 4.69) is 10.6 Å². The Kier molecular flexibility index (Phi) is 5.26. The van der Waals surface area contributed by atoms with Gasteiger partial charge in [-0.25, -0.2) is 8.78 Å². The average Bonchev–Trinajstić information content (AvgIpc) is 2.65. The van der Waals surface area contributed by atoms with E-state index in [1.54, 1.807) is 12.1 Å². The Bertz CT molecular complexity index is 1000. The zero-order valence-electron chi connectivity index (χ0n) is 14.4. The highest BCUT2D eigenvalue weighted by Gasteiger charge is 2.20. The summed E-state index contributed by atoms with van der Waals surface area (Å²) in [7, 11) is 0. The first-order chi connectivity index (χ1) is 13.0. The smallest absolute Gasteiger partial charge is 0.258 e. The lowest BCUT2D eigenvalue weighted by molar-refractivity contribution is 0.102. The molecule has 0 radical (unpaired) electrons. The van der Waals surface area contributed by atoms with E-state index >= 15 is 0 Å². The second-order valence-electron chi connectivity index (χ2n) is 5.90. The quantitative estimate of drug-likeness (QED) is 0.698. The summed E-state index contributed by atoms with van der Waals surface area (Å²) >= 11 is 0. The Labute approximate surface area is 154 Å². The van der Waals surface area contributed by atoms with Crippen LogP contribution in [0.3, 0.4) is 0 Å². The molecule has 3 rings (SSSR count). The van der Waals surface area contributed by atoms with Crippen LogP contribution in [0.2, 0.25) is 0 Å². The summed E-state index contributed by atoms with van der Waals surface area (Å²) in [6.07, 6.45) is 0. The molecule has 0 saturated carbocycles. The second-order valence-corrected chi connectivity index (χ2v) is 5.90. The summed E-state index contributed by atoms with van der Waals surface area (Å²) in [6, 6.07) is 16.2. The van der Waals surface area contributed by atoms with Gasteiger partial charge in [0.2, 0.25) is 0 Å². The molecular weight excluding hydrogens is 350 g/mol. The van der Waals surface area contributed by atoms with Crippen LogP contribution >= 0.6 is 0 Å². The van der Waals surface area contributed by atoms with Crippen LogP contribution in [-0.2, 0) is 0 Å². The topological polar surface area (TPSA) is 58.2 Å². The molecule has 0 spiro atoms. The van der Waals surface area contributed by atoms with Gasteiger partial charge in [0.15, 0.2) is 0 Å². The third kappa shape index (κ3) is 4.17. The van der Waals surface area contributed by atoms with E-state index in [9.17, 15) is 18.4 Å². The third-order valence-electron chi connectivity index (χ3n) is 3.98. The first-order valence-corrected chi connectivity index (χ1v) is 8.18. The van der Waals surface area contributed by atoms with E-state index in [-0.39, 0.29) is 11.1 Å². The normalized spacial score (nSPS) is 10.3. The fourth-order valence-electron chi connectivity index (χ4n) is 2.52. The van der Waals surface area contributed by atoms with Crippen molar-refractivity contribution >= 4 is 23.2 Å². The van der Waals surface area contributed by atoms with Gasteiger partial charge in [0.1, 0.15) is 11.6 Å². The maximum absolute atomic E-state index is 14.8. The standard InChI is InChI=1S/C21H16F2N2O2/c1-13-5-2-3-8-18(13)25-21(27)17-7-4-6-16(19(17)23)20(26)24-15-11-9-14(22)10-12-15/h2-12H,1H3,(H,24,26)(H,25,27). The van der Waals surface area contributed by atoms with Crippen molar-refractivity contribution in [2.24, 2.45) is 0 Å². The molecule has 6 heteroatoms. The van der Waals surface area contributed by atoms with Crippen LogP contribution in [0.1, 0.15) is 26.3 Å². The summed E-state index contributed by atoms with van der Waals surface area (Å²) < 4.78 is 27.7. The van der Waals surface area contributed by atoms with Crippen LogP contribution in [0.15, 0.2) is 66.7 Å². The fraction of sp³-hybridized carbons (Fsp3) is 0.0476. The number of hydrogen-bond acceptors (Lipinski definition) is 2. The molecule has 0 heterocycles. The zero-order valence-corrected chi connectivity index (χ0v) is 14.4. The van der Waals surface area contributed by atoms with Crippen molar-refractivity contribution in [1.29, 1.82) is 0 Å². The molecule has 0 aliphatic carbocycles. The average molecular weight is 366 g/mol. The number of aryl methyl sites for hydroxylation is 1. The molecule has 0 aliphatic heterocycles. The van der Waals surface area contributed by atoms with Crippen molar-refractivity contribution in [3.05, 3.63) is 95.1 Å². The van der Waals surface area contributed by atoms with Gasteiger partial charge in [-0.05, 0) is 55.0 Å². The lowest BCUT2D eigenvalue weighted by Crippen LogP contribution is -2.19. The first-order valence-electron chi connectivity index (χ1n) is 8.18. The first kappa shape index (κ1) is 18.3. The van der Waals surface area contributed by atoms with E-state index in [1.807, 2.05) is 19.1 Å². The second kappa shape index (κ2) is 7.78. The molecule has 4 nitrogen and oxygen atoms in total. The lowest BCUT2D eigenvalue weighted by atomic mass is 10.1. The van der Waals surface area contributed by atoms with Gasteiger partial charge >= 0.3 is 0 Å². The molecule has 0 bridgehead atoms. The molecule has 0 atom stereocenters. The molecule has 0 fully saturated rings. The maximum atomic E-state index is 14.8. The van der Waals surface area contributed by atoms with Crippen molar-refractivity contribution in [2.75, 3.05) is 10.6 Å². The van der Waals surface area contributed by atoms with E-state index in [1.165, 1.54) is 42.5 Å². The van der Waals surface area contributed by atoms with Crippen LogP contribution in [0.25, 0.3) is 0 Å². The number of amides is 2. The summed E-state index contributed by atoms with van der Waals surface area (Å²) in [5.74, 6) is -2.76. The maximum Gasteiger partial charge on any atom is 0.258 e. The Morgan fingerprint density at radius 1 is 0.741 bits per heavy atom. The molecule has 27 heavy (non-hydrogen) atoms. The number of rotatable bonds is 4. The molecule has 0 unspecified atom stereocenters. The highest BCUT2D eigenvalue weighted by atomic mass is 19.1. The summed E-state index contributed by atoms with van der Waals surface area (Å²) in [5, 5.41) is 5.11. The molecule has 136 valence electrons. The van der Waals surface area contributed by atoms with Crippen molar-refractivity contribution in [2.45, 2.75) is 6.92 Å². The largest absolute Gasteiger partial charge is 0.322 e. The van der Waals surface area contributed by atoms with Gasteiger partial charge in [-0.3, -0.25) is 9.59 Å². The van der Waals surface area contributed by atoms with Crippen LogP contribution < -0.4 is 10.6 Å². The fourth-order valence-corrected chi connectivity index (χ4v) is 2.52. The summed E-state index contributed by atoms with van der Waals surface area (Å²) in [5.41, 5.74) is 1.18. The molecular formula is C21H16F2N2O2. The van der Waals surface area contributed by atoms with Gasteiger partial charge in [0.25, 0.3) is 11.8 Å². The van der Waals surface area contributed by atoms with Gasteiger partial charge in [-0.15, -0.1) is 0 Å². The SMILES string of the molecule is Cc1ccccc1NC(=O)c1cccc(C(=O)Nc2ccc(F)cc2)c1F. The van der Waals surface area contributed by atoms with E-state index in [0.717, 1.165) is 5.56 Å². The van der Waals surface area contributed by atoms with Crippen molar-refractivity contribution in [1.82, 2.24) is 0 Å². The van der Waals surface area contributed by atoms with E-state index in [4.69, 9.17) is 0 Å². The van der Waals surface area contributed by atoms with Crippen LogP contribution in [-0.4, -0.2) is 11.8 Å². The van der Waals surface area contributed by atoms with Gasteiger partial charge in [-0.2, -0.15) is 0 Å².